The van der Waals surface area contributed by atoms with Gasteiger partial charge in [0.15, 0.2) is 11.2 Å². The van der Waals surface area contributed by atoms with E-state index in [9.17, 15) is 14.4 Å². The van der Waals surface area contributed by atoms with Crippen LogP contribution in [0.3, 0.4) is 0 Å². The van der Waals surface area contributed by atoms with Gasteiger partial charge in [-0.1, -0.05) is 6.07 Å². The number of carbonyl (C=O) groups is 1. The summed E-state index contributed by atoms with van der Waals surface area (Å²) < 4.78 is 3.74. The molecule has 10 heteroatoms. The van der Waals surface area contributed by atoms with Crippen LogP contribution in [0.25, 0.3) is 21.7 Å². The molecule has 4 rings (SSSR count). The van der Waals surface area contributed by atoms with E-state index in [-0.39, 0.29) is 23.6 Å². The molecule has 1 N–H and O–H groups in total. The number of amides is 1. The molecule has 4 heterocycles. The molecule has 9 nitrogen and oxygen atoms in total. The van der Waals surface area contributed by atoms with Gasteiger partial charge in [-0.15, -0.1) is 11.3 Å². The second-order valence-corrected chi connectivity index (χ2v) is 7.50. The smallest absolute Gasteiger partial charge is 0.332 e. The lowest BCUT2D eigenvalue weighted by Gasteiger charge is -2.08. The van der Waals surface area contributed by atoms with Gasteiger partial charge in [-0.25, -0.2) is 9.78 Å². The molecule has 148 valence electrons. The molecule has 4 aromatic heterocycles. The highest BCUT2D eigenvalue weighted by Gasteiger charge is 2.16. The van der Waals surface area contributed by atoms with Crippen molar-refractivity contribution in [2.45, 2.75) is 13.1 Å². The summed E-state index contributed by atoms with van der Waals surface area (Å²) in [4.78, 5) is 46.4. The molecule has 0 unspecified atom stereocenters. The topological polar surface area (TPSA) is 104 Å². The number of hydrogen-bond acceptors (Lipinski definition) is 6. The monoisotopic (exact) mass is 410 g/mol. The van der Waals surface area contributed by atoms with Crippen molar-refractivity contribution in [1.29, 1.82) is 0 Å². The quantitative estimate of drug-likeness (QED) is 0.526. The first-order chi connectivity index (χ1) is 14.0. The molecular formula is C19H18N6O3S. The predicted octanol–water partition coefficient (Wildman–Crippen LogP) is 0.874. The number of rotatable bonds is 5. The lowest BCUT2D eigenvalue weighted by atomic mass is 10.2. The fraction of sp³-hybridized carbons (Fsp3) is 0.211. The van der Waals surface area contributed by atoms with Crippen molar-refractivity contribution in [1.82, 2.24) is 29.0 Å². The summed E-state index contributed by atoms with van der Waals surface area (Å²) in [7, 11) is 2.94. The Morgan fingerprint density at radius 1 is 1.17 bits per heavy atom. The zero-order valence-corrected chi connectivity index (χ0v) is 16.6. The van der Waals surface area contributed by atoms with Crippen molar-refractivity contribution in [2.24, 2.45) is 14.1 Å². The number of imidazole rings is 1. The number of carbonyl (C=O) groups excluding carboxylic acids is 1. The molecule has 0 atom stereocenters. The van der Waals surface area contributed by atoms with Crippen LogP contribution in [0.4, 0.5) is 0 Å². The van der Waals surface area contributed by atoms with Gasteiger partial charge in [-0.2, -0.15) is 0 Å². The van der Waals surface area contributed by atoms with Crippen molar-refractivity contribution in [3.63, 3.8) is 0 Å². The zero-order chi connectivity index (χ0) is 20.5. The Hall–Kier alpha value is -3.53. The number of aromatic nitrogens is 5. The minimum atomic E-state index is -0.483. The summed E-state index contributed by atoms with van der Waals surface area (Å²) in [5.41, 5.74) is 1.30. The molecule has 0 bridgehead atoms. The first-order valence-electron chi connectivity index (χ1n) is 8.82. The Labute approximate surface area is 168 Å². The Kier molecular flexibility index (Phi) is 4.85. The fourth-order valence-electron chi connectivity index (χ4n) is 3.07. The second kappa shape index (κ2) is 7.47. The number of thiophene rings is 1. The number of hydrogen-bond donors (Lipinski definition) is 1. The van der Waals surface area contributed by atoms with Crippen LogP contribution in [-0.4, -0.2) is 29.6 Å². The van der Waals surface area contributed by atoms with Crippen LogP contribution >= 0.6 is 11.3 Å². The summed E-state index contributed by atoms with van der Waals surface area (Å²) in [5, 5.41) is 4.83. The van der Waals surface area contributed by atoms with Crippen molar-refractivity contribution in [3.05, 3.63) is 68.6 Å². The van der Waals surface area contributed by atoms with Gasteiger partial charge in [0, 0.05) is 26.8 Å². The molecule has 0 aliphatic heterocycles. The lowest BCUT2D eigenvalue weighted by molar-refractivity contribution is -0.121. The third-order valence-corrected chi connectivity index (χ3v) is 5.51. The van der Waals surface area contributed by atoms with Gasteiger partial charge in [0.1, 0.15) is 6.54 Å². The van der Waals surface area contributed by atoms with Crippen molar-refractivity contribution >= 4 is 28.4 Å². The summed E-state index contributed by atoms with van der Waals surface area (Å²) >= 11 is 1.60. The average Bonchev–Trinajstić information content (AvgIpc) is 3.40. The van der Waals surface area contributed by atoms with Crippen LogP contribution in [0.2, 0.25) is 0 Å². The van der Waals surface area contributed by atoms with Crippen LogP contribution in [-0.2, 0) is 32.0 Å². The number of nitrogens with zero attached hydrogens (tertiary/aromatic N) is 5. The van der Waals surface area contributed by atoms with E-state index in [0.29, 0.717) is 6.54 Å². The van der Waals surface area contributed by atoms with E-state index in [1.807, 2.05) is 29.6 Å². The highest BCUT2D eigenvalue weighted by molar-refractivity contribution is 7.13. The minimum absolute atomic E-state index is 0.0766. The number of nitrogens with one attached hydrogen (secondary N) is 1. The van der Waals surface area contributed by atoms with Crippen molar-refractivity contribution in [2.75, 3.05) is 0 Å². The fourth-order valence-corrected chi connectivity index (χ4v) is 3.76. The van der Waals surface area contributed by atoms with Gasteiger partial charge < -0.3 is 9.88 Å². The number of pyridine rings is 1. The third kappa shape index (κ3) is 3.49. The summed E-state index contributed by atoms with van der Waals surface area (Å²) in [6.07, 6.45) is 3.11. The third-order valence-electron chi connectivity index (χ3n) is 4.62. The molecule has 0 spiro atoms. The number of aryl methyl sites for hydroxylation is 1. The molecule has 0 saturated heterocycles. The molecule has 4 aromatic rings. The molecule has 0 aliphatic rings. The Morgan fingerprint density at radius 3 is 2.76 bits per heavy atom. The molecular weight excluding hydrogens is 392 g/mol. The Bertz CT molecular complexity index is 1320. The van der Waals surface area contributed by atoms with E-state index in [1.165, 1.54) is 29.6 Å². The lowest BCUT2D eigenvalue weighted by Crippen LogP contribution is -2.38. The Morgan fingerprint density at radius 2 is 2.00 bits per heavy atom. The molecule has 0 radical (unpaired) electrons. The maximum absolute atomic E-state index is 12.4. The predicted molar refractivity (Wildman–Crippen MR) is 110 cm³/mol. The standard InChI is InChI=1S/C19H18N6O3S/c1-23-17-16(18(27)24(2)19(23)28)25(11-22-17)10-15(26)21-9-12-5-6-20-13(8-12)14-4-3-7-29-14/h3-8,11H,9-10H2,1-2H3,(H,21,26). The van der Waals surface area contributed by atoms with Gasteiger partial charge in [0.2, 0.25) is 5.91 Å². The molecule has 0 saturated carbocycles. The van der Waals surface area contributed by atoms with E-state index in [1.54, 1.807) is 17.5 Å². The summed E-state index contributed by atoms with van der Waals surface area (Å²) in [6, 6.07) is 7.73. The summed E-state index contributed by atoms with van der Waals surface area (Å²) in [6.45, 7) is 0.260. The second-order valence-electron chi connectivity index (χ2n) is 6.55. The van der Waals surface area contributed by atoms with E-state index < -0.39 is 11.2 Å². The van der Waals surface area contributed by atoms with E-state index in [2.05, 4.69) is 15.3 Å². The van der Waals surface area contributed by atoms with Gasteiger partial charge in [-0.3, -0.25) is 23.7 Å². The van der Waals surface area contributed by atoms with Crippen LogP contribution in [0, 0.1) is 0 Å². The van der Waals surface area contributed by atoms with Gasteiger partial charge in [0.25, 0.3) is 5.56 Å². The Balaban J connectivity index is 1.51. The van der Waals surface area contributed by atoms with Crippen molar-refractivity contribution < 1.29 is 4.79 Å². The molecule has 0 aliphatic carbocycles. The van der Waals surface area contributed by atoms with E-state index >= 15 is 0 Å². The van der Waals surface area contributed by atoms with Gasteiger partial charge >= 0.3 is 5.69 Å². The average molecular weight is 410 g/mol. The highest BCUT2D eigenvalue weighted by Crippen LogP contribution is 2.22. The van der Waals surface area contributed by atoms with Crippen LogP contribution < -0.4 is 16.6 Å². The normalized spacial score (nSPS) is 11.1. The van der Waals surface area contributed by atoms with Gasteiger partial charge in [-0.05, 0) is 29.1 Å². The largest absolute Gasteiger partial charge is 0.350 e. The maximum Gasteiger partial charge on any atom is 0.332 e. The maximum atomic E-state index is 12.4. The minimum Gasteiger partial charge on any atom is -0.350 e. The highest BCUT2D eigenvalue weighted by atomic mass is 32.1. The first-order valence-corrected chi connectivity index (χ1v) is 9.70. The zero-order valence-electron chi connectivity index (χ0n) is 15.8. The molecule has 1 amide bonds. The van der Waals surface area contributed by atoms with E-state index in [0.717, 1.165) is 20.7 Å². The van der Waals surface area contributed by atoms with Crippen LogP contribution in [0.15, 0.2) is 51.8 Å². The summed E-state index contributed by atoms with van der Waals surface area (Å²) in [5.74, 6) is -0.269. The van der Waals surface area contributed by atoms with Crippen LogP contribution in [0.1, 0.15) is 5.56 Å². The van der Waals surface area contributed by atoms with Gasteiger partial charge in [0.05, 0.1) is 16.9 Å². The molecule has 29 heavy (non-hydrogen) atoms. The SMILES string of the molecule is Cn1c(=O)c2c(ncn2CC(=O)NCc2ccnc(-c3cccs3)c2)n(C)c1=O. The number of fused-ring (bicyclic) bond motifs is 1. The first kappa shape index (κ1) is 18.8. The molecule has 0 fully saturated rings. The molecule has 0 aromatic carbocycles. The van der Waals surface area contributed by atoms with Crippen LogP contribution in [0.5, 0.6) is 0 Å². The van der Waals surface area contributed by atoms with Crippen molar-refractivity contribution in [3.8, 4) is 10.6 Å². The van der Waals surface area contributed by atoms with E-state index in [4.69, 9.17) is 0 Å².